The fourth-order valence-electron chi connectivity index (χ4n) is 1.80. The molecule has 2 aromatic carbocycles. The number of hydrogen-bond acceptors (Lipinski definition) is 5. The van der Waals surface area contributed by atoms with Crippen LogP contribution in [-0.4, -0.2) is 23.2 Å². The van der Waals surface area contributed by atoms with Gasteiger partial charge in [0.15, 0.2) is 12.4 Å². The van der Waals surface area contributed by atoms with Crippen molar-refractivity contribution in [2.45, 2.75) is 6.92 Å². The number of ketones is 1. The third-order valence-corrected chi connectivity index (χ3v) is 2.99. The van der Waals surface area contributed by atoms with Gasteiger partial charge in [-0.3, -0.25) is 19.7 Å². The van der Waals surface area contributed by atoms with E-state index in [9.17, 15) is 19.7 Å². The summed E-state index contributed by atoms with van der Waals surface area (Å²) in [7, 11) is 0. The quantitative estimate of drug-likeness (QED) is 0.502. The van der Waals surface area contributed by atoms with Gasteiger partial charge >= 0.3 is 0 Å². The van der Waals surface area contributed by atoms with Crippen LogP contribution >= 0.6 is 0 Å². The van der Waals surface area contributed by atoms with Gasteiger partial charge in [0.05, 0.1) is 4.92 Å². The molecule has 7 heteroatoms. The van der Waals surface area contributed by atoms with E-state index in [1.54, 1.807) is 24.3 Å². The van der Waals surface area contributed by atoms with Crippen LogP contribution in [0.3, 0.4) is 0 Å². The van der Waals surface area contributed by atoms with Crippen LogP contribution in [0.25, 0.3) is 0 Å². The second-order valence-corrected chi connectivity index (χ2v) is 4.72. The molecule has 0 aliphatic carbocycles. The van der Waals surface area contributed by atoms with Gasteiger partial charge in [-0.25, -0.2) is 0 Å². The first kappa shape index (κ1) is 16.2. The molecule has 2 rings (SSSR count). The fraction of sp³-hybridized carbons (Fsp3) is 0.125. The van der Waals surface area contributed by atoms with Gasteiger partial charge in [0.1, 0.15) is 5.75 Å². The Labute approximate surface area is 132 Å². The van der Waals surface area contributed by atoms with E-state index in [1.807, 2.05) is 0 Å². The summed E-state index contributed by atoms with van der Waals surface area (Å²) in [4.78, 5) is 32.9. The molecular weight excluding hydrogens is 300 g/mol. The standard InChI is InChI=1S/C16H14N2O5/c1-11(19)12-2-8-15(9-3-12)23-10-16(20)17-13-4-6-14(7-5-13)18(21)22/h2-9H,10H2,1H3,(H,17,20). The SMILES string of the molecule is CC(=O)c1ccc(OCC(=O)Nc2ccc([N+](=O)[O-])cc2)cc1. The highest BCUT2D eigenvalue weighted by atomic mass is 16.6. The van der Waals surface area contributed by atoms with Crippen molar-refractivity contribution in [2.75, 3.05) is 11.9 Å². The molecule has 0 aliphatic heterocycles. The van der Waals surface area contributed by atoms with Gasteiger partial charge in [-0.15, -0.1) is 0 Å². The molecule has 0 saturated carbocycles. The third-order valence-electron chi connectivity index (χ3n) is 2.99. The maximum atomic E-state index is 11.8. The Bertz CT molecular complexity index is 723. The van der Waals surface area contributed by atoms with Gasteiger partial charge in [-0.05, 0) is 43.3 Å². The highest BCUT2D eigenvalue weighted by Crippen LogP contribution is 2.16. The number of anilines is 1. The first-order valence-corrected chi connectivity index (χ1v) is 6.74. The number of benzene rings is 2. The summed E-state index contributed by atoms with van der Waals surface area (Å²) < 4.78 is 5.31. The van der Waals surface area contributed by atoms with Gasteiger partial charge < -0.3 is 10.1 Å². The van der Waals surface area contributed by atoms with E-state index in [0.29, 0.717) is 17.0 Å². The number of ether oxygens (including phenoxy) is 1. The van der Waals surface area contributed by atoms with Crippen LogP contribution in [0.4, 0.5) is 11.4 Å². The molecule has 1 amide bonds. The van der Waals surface area contributed by atoms with Crippen molar-refractivity contribution in [3.63, 3.8) is 0 Å². The lowest BCUT2D eigenvalue weighted by Gasteiger charge is -2.07. The molecule has 0 aliphatic rings. The largest absolute Gasteiger partial charge is 0.484 e. The van der Waals surface area contributed by atoms with Crippen molar-refractivity contribution >= 4 is 23.1 Å². The lowest BCUT2D eigenvalue weighted by atomic mass is 10.1. The molecule has 0 aromatic heterocycles. The fourth-order valence-corrected chi connectivity index (χ4v) is 1.80. The Balaban J connectivity index is 1.87. The molecule has 0 spiro atoms. The predicted molar refractivity (Wildman–Crippen MR) is 83.7 cm³/mol. The monoisotopic (exact) mass is 314 g/mol. The van der Waals surface area contributed by atoms with Crippen LogP contribution < -0.4 is 10.1 Å². The summed E-state index contributed by atoms with van der Waals surface area (Å²) in [5.41, 5.74) is 0.952. The first-order chi connectivity index (χ1) is 11.0. The van der Waals surface area contributed by atoms with Crippen LogP contribution in [0.2, 0.25) is 0 Å². The second kappa shape index (κ2) is 7.17. The molecular formula is C16H14N2O5. The van der Waals surface area contributed by atoms with Crippen LogP contribution in [0.1, 0.15) is 17.3 Å². The van der Waals surface area contributed by atoms with Crippen LogP contribution in [0.5, 0.6) is 5.75 Å². The molecule has 0 unspecified atom stereocenters. The number of carbonyl (C=O) groups is 2. The van der Waals surface area contributed by atoms with Crippen molar-refractivity contribution in [1.82, 2.24) is 0 Å². The second-order valence-electron chi connectivity index (χ2n) is 4.72. The smallest absolute Gasteiger partial charge is 0.269 e. The van der Waals surface area contributed by atoms with Crippen LogP contribution in [-0.2, 0) is 4.79 Å². The Morgan fingerprint density at radius 1 is 1.09 bits per heavy atom. The molecule has 1 N–H and O–H groups in total. The Morgan fingerprint density at radius 3 is 2.22 bits per heavy atom. The first-order valence-electron chi connectivity index (χ1n) is 6.74. The van der Waals surface area contributed by atoms with Gasteiger partial charge in [-0.2, -0.15) is 0 Å². The predicted octanol–water partition coefficient (Wildman–Crippen LogP) is 2.81. The molecule has 0 fully saturated rings. The topological polar surface area (TPSA) is 98.5 Å². The summed E-state index contributed by atoms with van der Waals surface area (Å²) in [5.74, 6) is 0.0239. The maximum Gasteiger partial charge on any atom is 0.269 e. The van der Waals surface area contributed by atoms with Gasteiger partial charge in [0, 0.05) is 23.4 Å². The van der Waals surface area contributed by atoms with E-state index in [4.69, 9.17) is 4.74 Å². The molecule has 0 heterocycles. The van der Waals surface area contributed by atoms with Gasteiger partial charge in [0.25, 0.3) is 11.6 Å². The molecule has 0 bridgehead atoms. The number of nitro groups is 1. The molecule has 2 aromatic rings. The summed E-state index contributed by atoms with van der Waals surface area (Å²) in [5, 5.41) is 13.1. The summed E-state index contributed by atoms with van der Waals surface area (Å²) in [6, 6.07) is 11.9. The minimum Gasteiger partial charge on any atom is -0.484 e. The highest BCUT2D eigenvalue weighted by Gasteiger charge is 2.07. The van der Waals surface area contributed by atoms with E-state index >= 15 is 0 Å². The molecule has 23 heavy (non-hydrogen) atoms. The van der Waals surface area contributed by atoms with E-state index < -0.39 is 10.8 Å². The number of hydrogen-bond donors (Lipinski definition) is 1. The minimum atomic E-state index is -0.514. The zero-order chi connectivity index (χ0) is 16.8. The van der Waals surface area contributed by atoms with Crippen LogP contribution in [0, 0.1) is 10.1 Å². The Hall–Kier alpha value is -3.22. The molecule has 7 nitrogen and oxygen atoms in total. The number of non-ortho nitro benzene ring substituents is 1. The summed E-state index contributed by atoms with van der Waals surface area (Å²) in [6.45, 7) is 1.25. The average Bonchev–Trinajstić information content (AvgIpc) is 2.54. The molecule has 118 valence electrons. The summed E-state index contributed by atoms with van der Waals surface area (Å²) in [6.07, 6.45) is 0. The number of carbonyl (C=O) groups excluding carboxylic acids is 2. The molecule has 0 radical (unpaired) electrons. The zero-order valence-electron chi connectivity index (χ0n) is 12.3. The van der Waals surface area contributed by atoms with Crippen LogP contribution in [0.15, 0.2) is 48.5 Å². The van der Waals surface area contributed by atoms with Crippen molar-refractivity contribution < 1.29 is 19.2 Å². The Kier molecular flexibility index (Phi) is 5.03. The Morgan fingerprint density at radius 2 is 1.70 bits per heavy atom. The number of Topliss-reactive ketones (excluding diaryl/α,β-unsaturated/α-hetero) is 1. The third kappa shape index (κ3) is 4.63. The van der Waals surface area contributed by atoms with Gasteiger partial charge in [0.2, 0.25) is 0 Å². The average molecular weight is 314 g/mol. The van der Waals surface area contributed by atoms with E-state index in [1.165, 1.54) is 31.2 Å². The summed E-state index contributed by atoms with van der Waals surface area (Å²) >= 11 is 0. The van der Waals surface area contributed by atoms with Crippen molar-refractivity contribution in [3.05, 3.63) is 64.2 Å². The highest BCUT2D eigenvalue weighted by molar-refractivity contribution is 5.94. The number of amides is 1. The minimum absolute atomic E-state index is 0.0486. The maximum absolute atomic E-state index is 11.8. The normalized spacial score (nSPS) is 9.96. The molecule has 0 atom stereocenters. The van der Waals surface area contributed by atoms with Crippen molar-refractivity contribution in [1.29, 1.82) is 0 Å². The number of rotatable bonds is 6. The molecule has 0 saturated heterocycles. The van der Waals surface area contributed by atoms with Gasteiger partial charge in [-0.1, -0.05) is 0 Å². The van der Waals surface area contributed by atoms with Crippen molar-refractivity contribution in [2.24, 2.45) is 0 Å². The number of nitro benzene ring substituents is 1. The van der Waals surface area contributed by atoms with E-state index in [2.05, 4.69) is 5.32 Å². The lowest BCUT2D eigenvalue weighted by molar-refractivity contribution is -0.384. The zero-order valence-corrected chi connectivity index (χ0v) is 12.3. The number of nitrogens with one attached hydrogen (secondary N) is 1. The van der Waals surface area contributed by atoms with E-state index in [-0.39, 0.29) is 18.1 Å². The van der Waals surface area contributed by atoms with Crippen molar-refractivity contribution in [3.8, 4) is 5.75 Å². The van der Waals surface area contributed by atoms with E-state index in [0.717, 1.165) is 0 Å². The number of nitrogens with zero attached hydrogens (tertiary/aromatic N) is 1. The lowest BCUT2D eigenvalue weighted by Crippen LogP contribution is -2.20.